The Morgan fingerprint density at radius 1 is 1.20 bits per heavy atom. The molecule has 8 heteroatoms. The first-order chi connectivity index (χ1) is 14.4. The number of benzene rings is 2. The van der Waals surface area contributed by atoms with E-state index in [0.717, 1.165) is 11.1 Å². The molecule has 8 nitrogen and oxygen atoms in total. The highest BCUT2D eigenvalue weighted by atomic mass is 16.3. The molecule has 0 saturated carbocycles. The second-order valence-electron chi connectivity index (χ2n) is 6.79. The van der Waals surface area contributed by atoms with E-state index in [2.05, 4.69) is 22.1 Å². The third-order valence-corrected chi connectivity index (χ3v) is 4.80. The van der Waals surface area contributed by atoms with Crippen LogP contribution in [0.3, 0.4) is 0 Å². The van der Waals surface area contributed by atoms with Crippen LogP contribution in [0.4, 0.5) is 5.69 Å². The number of aromatic nitrogens is 2. The number of para-hydroxylation sites is 1. The van der Waals surface area contributed by atoms with E-state index in [-0.39, 0.29) is 12.0 Å². The Labute approximate surface area is 173 Å². The van der Waals surface area contributed by atoms with E-state index < -0.39 is 24.0 Å². The number of nitrogens with one attached hydrogen (secondary N) is 2. The first kappa shape index (κ1) is 20.8. The lowest BCUT2D eigenvalue weighted by Crippen LogP contribution is -2.50. The summed E-state index contributed by atoms with van der Waals surface area (Å²) in [5.41, 5.74) is 14.7. The van der Waals surface area contributed by atoms with Crippen molar-refractivity contribution in [2.75, 3.05) is 5.73 Å². The molecule has 1 heterocycles. The van der Waals surface area contributed by atoms with Crippen molar-refractivity contribution in [2.24, 2.45) is 5.73 Å². The number of amides is 2. The van der Waals surface area contributed by atoms with E-state index in [0.29, 0.717) is 16.9 Å². The van der Waals surface area contributed by atoms with Gasteiger partial charge in [-0.3, -0.25) is 14.7 Å². The zero-order valence-electron chi connectivity index (χ0n) is 16.2. The summed E-state index contributed by atoms with van der Waals surface area (Å²) in [6.45, 7) is 3.73. The van der Waals surface area contributed by atoms with Crippen LogP contribution in [0.25, 0.3) is 17.3 Å². The van der Waals surface area contributed by atoms with E-state index in [4.69, 9.17) is 11.5 Å². The number of hydrogen-bond acceptors (Lipinski definition) is 5. The number of nitrogens with two attached hydrogens (primary N) is 2. The van der Waals surface area contributed by atoms with Crippen LogP contribution < -0.4 is 16.8 Å². The average Bonchev–Trinajstić information content (AvgIpc) is 3.23. The molecule has 0 saturated heterocycles. The minimum absolute atomic E-state index is 0.220. The van der Waals surface area contributed by atoms with Crippen molar-refractivity contribution in [3.05, 3.63) is 78.0 Å². The molecular weight excluding hydrogens is 382 g/mol. The molecule has 0 fully saturated rings. The Morgan fingerprint density at radius 2 is 1.93 bits per heavy atom. The minimum Gasteiger partial charge on any atom is -0.398 e. The zero-order chi connectivity index (χ0) is 21.7. The van der Waals surface area contributed by atoms with Crippen molar-refractivity contribution in [1.29, 1.82) is 0 Å². The molecule has 2 amide bonds. The van der Waals surface area contributed by atoms with Gasteiger partial charge in [-0.25, -0.2) is 0 Å². The van der Waals surface area contributed by atoms with E-state index in [9.17, 15) is 14.7 Å². The third kappa shape index (κ3) is 4.39. The first-order valence-electron chi connectivity index (χ1n) is 9.29. The quantitative estimate of drug-likeness (QED) is 0.360. The number of rotatable bonds is 8. The third-order valence-electron chi connectivity index (χ3n) is 4.80. The SMILES string of the molecule is C=Cc1cccc(-c2[nH]ncc2C(=O)NC(Cc2ccccc2)C(O)C(N)=O)c1N. The summed E-state index contributed by atoms with van der Waals surface area (Å²) in [6, 6.07) is 13.6. The molecule has 0 bridgehead atoms. The minimum atomic E-state index is -1.56. The molecule has 154 valence electrons. The van der Waals surface area contributed by atoms with E-state index >= 15 is 0 Å². The van der Waals surface area contributed by atoms with Crippen LogP contribution in [0.1, 0.15) is 21.5 Å². The van der Waals surface area contributed by atoms with Gasteiger partial charge in [-0.15, -0.1) is 0 Å². The number of anilines is 1. The van der Waals surface area contributed by atoms with Gasteiger partial charge in [0.1, 0.15) is 0 Å². The van der Waals surface area contributed by atoms with Crippen molar-refractivity contribution in [2.45, 2.75) is 18.6 Å². The van der Waals surface area contributed by atoms with Crippen molar-refractivity contribution in [1.82, 2.24) is 15.5 Å². The number of nitrogen functional groups attached to an aromatic ring is 1. The second kappa shape index (κ2) is 9.06. The van der Waals surface area contributed by atoms with Gasteiger partial charge >= 0.3 is 0 Å². The van der Waals surface area contributed by atoms with Gasteiger partial charge in [0.2, 0.25) is 5.91 Å². The van der Waals surface area contributed by atoms with Crippen LogP contribution in [0.15, 0.2) is 61.3 Å². The fourth-order valence-corrected chi connectivity index (χ4v) is 3.20. The molecule has 2 aromatic carbocycles. The number of H-pyrrole nitrogens is 1. The standard InChI is InChI=1S/C22H23N5O3/c1-2-14-9-6-10-15(18(14)23)19-16(12-25-27-19)22(30)26-17(20(28)21(24)29)11-13-7-4-3-5-8-13/h2-10,12,17,20,28H,1,11,23H2,(H2,24,29)(H,25,27)(H,26,30). The Bertz CT molecular complexity index is 1060. The number of hydrogen-bond donors (Lipinski definition) is 5. The summed E-state index contributed by atoms with van der Waals surface area (Å²) in [4.78, 5) is 24.6. The highest BCUT2D eigenvalue weighted by Gasteiger charge is 2.28. The molecule has 2 unspecified atom stereocenters. The summed E-state index contributed by atoms with van der Waals surface area (Å²) in [6.07, 6.45) is 1.64. The molecule has 3 rings (SSSR count). The molecule has 0 radical (unpaired) electrons. The van der Waals surface area contributed by atoms with E-state index in [1.54, 1.807) is 24.3 Å². The smallest absolute Gasteiger partial charge is 0.255 e. The highest BCUT2D eigenvalue weighted by molar-refractivity contribution is 6.02. The van der Waals surface area contributed by atoms with Gasteiger partial charge in [-0.1, -0.05) is 61.2 Å². The Balaban J connectivity index is 1.90. The number of carbonyl (C=O) groups is 2. The number of aromatic amines is 1. The Kier molecular flexibility index (Phi) is 6.29. The Morgan fingerprint density at radius 3 is 2.60 bits per heavy atom. The number of primary amides is 1. The lowest BCUT2D eigenvalue weighted by Gasteiger charge is -2.22. The molecule has 0 aliphatic heterocycles. The maximum absolute atomic E-state index is 13.0. The van der Waals surface area contributed by atoms with Crippen molar-refractivity contribution in [3.8, 4) is 11.3 Å². The van der Waals surface area contributed by atoms with E-state index in [1.807, 2.05) is 30.3 Å². The lowest BCUT2D eigenvalue weighted by atomic mass is 9.99. The number of nitrogens with zero attached hydrogens (tertiary/aromatic N) is 1. The monoisotopic (exact) mass is 405 g/mol. The van der Waals surface area contributed by atoms with Gasteiger partial charge in [0.05, 0.1) is 23.5 Å². The van der Waals surface area contributed by atoms with Gasteiger partial charge in [0, 0.05) is 11.3 Å². The molecule has 30 heavy (non-hydrogen) atoms. The number of aliphatic hydroxyl groups is 1. The summed E-state index contributed by atoms with van der Waals surface area (Å²) < 4.78 is 0. The van der Waals surface area contributed by atoms with Gasteiger partial charge in [0.15, 0.2) is 6.10 Å². The van der Waals surface area contributed by atoms with Crippen LogP contribution in [-0.4, -0.2) is 39.3 Å². The van der Waals surface area contributed by atoms with Gasteiger partial charge in [-0.2, -0.15) is 5.10 Å². The molecule has 1 aromatic heterocycles. The van der Waals surface area contributed by atoms with E-state index in [1.165, 1.54) is 6.20 Å². The van der Waals surface area contributed by atoms with Crippen LogP contribution >= 0.6 is 0 Å². The predicted molar refractivity (Wildman–Crippen MR) is 115 cm³/mol. The van der Waals surface area contributed by atoms with Crippen LogP contribution in [0.2, 0.25) is 0 Å². The summed E-state index contributed by atoms with van der Waals surface area (Å²) in [5.74, 6) is -1.45. The normalized spacial score (nSPS) is 12.7. The maximum atomic E-state index is 13.0. The molecule has 2 atom stereocenters. The van der Waals surface area contributed by atoms with Gasteiger partial charge in [-0.05, 0) is 17.5 Å². The zero-order valence-corrected chi connectivity index (χ0v) is 16.2. The van der Waals surface area contributed by atoms with Crippen molar-refractivity contribution >= 4 is 23.6 Å². The van der Waals surface area contributed by atoms with Crippen LogP contribution in [0.5, 0.6) is 0 Å². The van der Waals surface area contributed by atoms with Crippen molar-refractivity contribution in [3.63, 3.8) is 0 Å². The largest absolute Gasteiger partial charge is 0.398 e. The fourth-order valence-electron chi connectivity index (χ4n) is 3.20. The van der Waals surface area contributed by atoms with Gasteiger partial charge < -0.3 is 21.9 Å². The molecular formula is C22H23N5O3. The lowest BCUT2D eigenvalue weighted by molar-refractivity contribution is -0.127. The fraction of sp³-hybridized carbons (Fsp3) is 0.136. The molecule has 0 spiro atoms. The summed E-state index contributed by atoms with van der Waals surface area (Å²) in [5, 5.41) is 19.7. The molecule has 3 aromatic rings. The van der Waals surface area contributed by atoms with Crippen LogP contribution in [0, 0.1) is 0 Å². The second-order valence-corrected chi connectivity index (χ2v) is 6.79. The highest BCUT2D eigenvalue weighted by Crippen LogP contribution is 2.30. The number of carbonyl (C=O) groups excluding carboxylic acids is 2. The molecule has 0 aliphatic carbocycles. The first-order valence-corrected chi connectivity index (χ1v) is 9.29. The van der Waals surface area contributed by atoms with Crippen molar-refractivity contribution < 1.29 is 14.7 Å². The predicted octanol–water partition coefficient (Wildman–Crippen LogP) is 1.49. The topological polar surface area (TPSA) is 147 Å². The summed E-state index contributed by atoms with van der Waals surface area (Å²) in [7, 11) is 0. The average molecular weight is 405 g/mol. The maximum Gasteiger partial charge on any atom is 0.255 e. The summed E-state index contributed by atoms with van der Waals surface area (Å²) >= 11 is 0. The Hall–Kier alpha value is -3.91. The molecule has 0 aliphatic rings. The van der Waals surface area contributed by atoms with Gasteiger partial charge in [0.25, 0.3) is 5.91 Å². The molecule has 7 N–H and O–H groups in total. The van der Waals surface area contributed by atoms with Crippen LogP contribution in [-0.2, 0) is 11.2 Å². The number of aliphatic hydroxyl groups excluding tert-OH is 1.